The van der Waals surface area contributed by atoms with Crippen molar-refractivity contribution in [3.63, 3.8) is 0 Å². The molecule has 1 atom stereocenters. The third-order valence-electron chi connectivity index (χ3n) is 2.96. The molecule has 17 heavy (non-hydrogen) atoms. The summed E-state index contributed by atoms with van der Waals surface area (Å²) in [7, 11) is 0. The molecule has 6 nitrogen and oxygen atoms in total. The van der Waals surface area contributed by atoms with Gasteiger partial charge in [0, 0.05) is 13.1 Å². The van der Waals surface area contributed by atoms with E-state index in [0.29, 0.717) is 13.0 Å². The lowest BCUT2D eigenvalue weighted by molar-refractivity contribution is -0.140. The molecule has 90 valence electrons. The normalized spacial score (nSPS) is 20.3. The second-order valence-corrected chi connectivity index (χ2v) is 5.20. The quantitative estimate of drug-likeness (QED) is 0.863. The molecular formula is C10H12N4O2S. The Balaban J connectivity index is 1.85. The molecule has 3 heterocycles. The number of aliphatic carboxylic acids is 1. The summed E-state index contributed by atoms with van der Waals surface area (Å²) in [6, 6.07) is 0. The Hall–Kier alpha value is -1.63. The number of carboxylic acids is 1. The summed E-state index contributed by atoms with van der Waals surface area (Å²) < 4.78 is 1.75. The predicted molar refractivity (Wildman–Crippen MR) is 63.6 cm³/mol. The van der Waals surface area contributed by atoms with Crippen LogP contribution >= 0.6 is 11.3 Å². The lowest BCUT2D eigenvalue weighted by Gasteiger charge is -2.12. The van der Waals surface area contributed by atoms with Crippen molar-refractivity contribution in [2.24, 2.45) is 5.92 Å². The van der Waals surface area contributed by atoms with Gasteiger partial charge in [-0.15, -0.1) is 5.10 Å². The van der Waals surface area contributed by atoms with Gasteiger partial charge in [-0.3, -0.25) is 4.79 Å². The Bertz CT molecular complexity index is 544. The summed E-state index contributed by atoms with van der Waals surface area (Å²) >= 11 is 1.50. The van der Waals surface area contributed by atoms with Gasteiger partial charge < -0.3 is 10.0 Å². The fourth-order valence-corrected chi connectivity index (χ4v) is 3.03. The Labute approximate surface area is 101 Å². The maximum Gasteiger partial charge on any atom is 0.308 e. The molecule has 2 aromatic heterocycles. The SMILES string of the molecule is Cc1cn2nc(N3CCC(C(=O)O)C3)sc2n1. The number of fused-ring (bicyclic) bond motifs is 1. The first-order chi connectivity index (χ1) is 8.13. The average molecular weight is 252 g/mol. The van der Waals surface area contributed by atoms with Crippen molar-refractivity contribution in [3.8, 4) is 0 Å². The van der Waals surface area contributed by atoms with E-state index < -0.39 is 5.97 Å². The highest BCUT2D eigenvalue weighted by molar-refractivity contribution is 7.20. The van der Waals surface area contributed by atoms with E-state index in [4.69, 9.17) is 5.11 Å². The van der Waals surface area contributed by atoms with E-state index in [2.05, 4.69) is 10.1 Å². The number of carbonyl (C=O) groups is 1. The fourth-order valence-electron chi connectivity index (χ4n) is 2.06. The van der Waals surface area contributed by atoms with Crippen molar-refractivity contribution >= 4 is 27.4 Å². The smallest absolute Gasteiger partial charge is 0.308 e. The summed E-state index contributed by atoms with van der Waals surface area (Å²) in [5.41, 5.74) is 0.945. The molecule has 3 rings (SSSR count). The highest BCUT2D eigenvalue weighted by atomic mass is 32.1. The van der Waals surface area contributed by atoms with Crippen LogP contribution in [0.5, 0.6) is 0 Å². The standard InChI is InChI=1S/C10H12N4O2S/c1-6-4-14-9(11-6)17-10(12-14)13-3-2-7(5-13)8(15)16/h4,7H,2-3,5H2,1H3,(H,15,16). The van der Waals surface area contributed by atoms with Crippen LogP contribution in [0, 0.1) is 12.8 Å². The van der Waals surface area contributed by atoms with Gasteiger partial charge in [-0.25, -0.2) is 9.50 Å². The van der Waals surface area contributed by atoms with Gasteiger partial charge in [0.05, 0.1) is 17.8 Å². The number of carboxylic acid groups (broad SMARTS) is 1. The van der Waals surface area contributed by atoms with E-state index in [1.807, 2.05) is 18.0 Å². The first kappa shape index (κ1) is 10.5. The van der Waals surface area contributed by atoms with Crippen molar-refractivity contribution in [2.75, 3.05) is 18.0 Å². The Morgan fingerprint density at radius 1 is 1.65 bits per heavy atom. The minimum atomic E-state index is -0.718. The van der Waals surface area contributed by atoms with Crippen LogP contribution in [0.3, 0.4) is 0 Å². The number of aryl methyl sites for hydroxylation is 1. The van der Waals surface area contributed by atoms with Crippen molar-refractivity contribution in [1.82, 2.24) is 14.6 Å². The summed E-state index contributed by atoms with van der Waals surface area (Å²) in [5.74, 6) is -0.988. The van der Waals surface area contributed by atoms with E-state index in [1.54, 1.807) is 4.52 Å². The molecule has 1 aliphatic rings. The zero-order chi connectivity index (χ0) is 12.0. The Kier molecular flexibility index (Phi) is 2.29. The largest absolute Gasteiger partial charge is 0.481 e. The van der Waals surface area contributed by atoms with Crippen LogP contribution in [0.2, 0.25) is 0 Å². The highest BCUT2D eigenvalue weighted by Crippen LogP contribution is 2.28. The van der Waals surface area contributed by atoms with E-state index in [1.165, 1.54) is 11.3 Å². The summed E-state index contributed by atoms with van der Waals surface area (Å²) in [4.78, 5) is 18.1. The van der Waals surface area contributed by atoms with Crippen molar-refractivity contribution in [3.05, 3.63) is 11.9 Å². The van der Waals surface area contributed by atoms with Crippen molar-refractivity contribution in [1.29, 1.82) is 0 Å². The number of aromatic nitrogens is 3. The van der Waals surface area contributed by atoms with Crippen LogP contribution in [0.15, 0.2) is 6.20 Å². The topological polar surface area (TPSA) is 70.7 Å². The van der Waals surface area contributed by atoms with E-state index >= 15 is 0 Å². The van der Waals surface area contributed by atoms with Crippen LogP contribution < -0.4 is 4.90 Å². The first-order valence-electron chi connectivity index (χ1n) is 5.44. The maximum atomic E-state index is 10.9. The van der Waals surface area contributed by atoms with Crippen LogP contribution in [-0.2, 0) is 4.79 Å². The van der Waals surface area contributed by atoms with Crippen LogP contribution in [0.1, 0.15) is 12.1 Å². The van der Waals surface area contributed by atoms with Gasteiger partial charge in [-0.05, 0) is 13.3 Å². The number of hydrogen-bond acceptors (Lipinski definition) is 5. The third-order valence-corrected chi connectivity index (χ3v) is 3.94. The lowest BCUT2D eigenvalue weighted by Crippen LogP contribution is -2.22. The van der Waals surface area contributed by atoms with Crippen LogP contribution in [-0.4, -0.2) is 38.8 Å². The van der Waals surface area contributed by atoms with Gasteiger partial charge in [0.15, 0.2) is 0 Å². The molecule has 0 saturated carbocycles. The summed E-state index contributed by atoms with van der Waals surface area (Å²) in [6.45, 7) is 3.23. The van der Waals surface area contributed by atoms with Gasteiger partial charge >= 0.3 is 5.97 Å². The predicted octanol–water partition coefficient (Wildman–Crippen LogP) is 1.01. The molecule has 1 saturated heterocycles. The molecule has 7 heteroatoms. The first-order valence-corrected chi connectivity index (χ1v) is 6.26. The van der Waals surface area contributed by atoms with Crippen LogP contribution in [0.4, 0.5) is 5.13 Å². The maximum absolute atomic E-state index is 10.9. The van der Waals surface area contributed by atoms with Crippen molar-refractivity contribution < 1.29 is 9.90 Å². The molecule has 0 aromatic carbocycles. The molecule has 1 unspecified atom stereocenters. The molecule has 1 aliphatic heterocycles. The average Bonchev–Trinajstić information content (AvgIpc) is 2.87. The van der Waals surface area contributed by atoms with Gasteiger partial charge in [0.2, 0.25) is 10.1 Å². The Morgan fingerprint density at radius 2 is 2.47 bits per heavy atom. The zero-order valence-corrected chi connectivity index (χ0v) is 10.1. The van der Waals surface area contributed by atoms with E-state index in [0.717, 1.165) is 22.3 Å². The molecule has 0 spiro atoms. The van der Waals surface area contributed by atoms with Gasteiger partial charge in [0.25, 0.3) is 0 Å². The molecule has 1 fully saturated rings. The number of rotatable bonds is 2. The minimum absolute atomic E-state index is 0.270. The molecule has 0 radical (unpaired) electrons. The lowest BCUT2D eigenvalue weighted by atomic mass is 10.1. The highest BCUT2D eigenvalue weighted by Gasteiger charge is 2.29. The molecule has 0 amide bonds. The van der Waals surface area contributed by atoms with Gasteiger partial charge in [-0.2, -0.15) is 0 Å². The second-order valence-electron chi connectivity index (χ2n) is 4.26. The zero-order valence-electron chi connectivity index (χ0n) is 9.33. The van der Waals surface area contributed by atoms with Gasteiger partial charge in [-0.1, -0.05) is 11.3 Å². The molecule has 1 N–H and O–H groups in total. The molecule has 0 bridgehead atoms. The number of anilines is 1. The van der Waals surface area contributed by atoms with E-state index in [9.17, 15) is 4.79 Å². The van der Waals surface area contributed by atoms with Crippen LogP contribution in [0.25, 0.3) is 4.96 Å². The summed E-state index contributed by atoms with van der Waals surface area (Å²) in [6.07, 6.45) is 2.57. The Morgan fingerprint density at radius 3 is 3.12 bits per heavy atom. The number of imidazole rings is 1. The van der Waals surface area contributed by atoms with Crippen molar-refractivity contribution in [2.45, 2.75) is 13.3 Å². The third kappa shape index (κ3) is 1.76. The van der Waals surface area contributed by atoms with Gasteiger partial charge in [0.1, 0.15) is 0 Å². The summed E-state index contributed by atoms with van der Waals surface area (Å²) in [5, 5.41) is 14.2. The number of hydrogen-bond donors (Lipinski definition) is 1. The minimum Gasteiger partial charge on any atom is -0.481 e. The monoisotopic (exact) mass is 252 g/mol. The van der Waals surface area contributed by atoms with E-state index in [-0.39, 0.29) is 5.92 Å². The fraction of sp³-hybridized carbons (Fsp3) is 0.500. The molecule has 2 aromatic rings. The number of nitrogens with zero attached hydrogens (tertiary/aromatic N) is 4. The molecular weight excluding hydrogens is 240 g/mol. The molecule has 0 aliphatic carbocycles. The second kappa shape index (κ2) is 3.69.